The zero-order valence-corrected chi connectivity index (χ0v) is 11.3. The number of rotatable bonds is 3. The third-order valence-electron chi connectivity index (χ3n) is 5.47. The minimum Gasteiger partial charge on any atom is -0.477 e. The second-order valence-corrected chi connectivity index (χ2v) is 6.69. The van der Waals surface area contributed by atoms with Gasteiger partial charge in [-0.3, -0.25) is 0 Å². The standard InChI is InChI=1S/C15H19N3O2/c19-15(20)12-6-16-7-17-14(12)18-13-10-2-8-1-9(4-10)5-11(13)3-8/h6-11,13H,1-5H2,(H,19,20)(H,16,17,18). The van der Waals surface area contributed by atoms with E-state index in [9.17, 15) is 9.90 Å². The molecular formula is C15H19N3O2. The Kier molecular flexibility index (Phi) is 2.69. The minimum atomic E-state index is -0.961. The first-order valence-electron chi connectivity index (χ1n) is 7.50. The maximum Gasteiger partial charge on any atom is 0.341 e. The van der Waals surface area contributed by atoms with Gasteiger partial charge in [0.25, 0.3) is 0 Å². The summed E-state index contributed by atoms with van der Waals surface area (Å²) in [6.45, 7) is 0. The maximum absolute atomic E-state index is 11.2. The molecule has 0 saturated heterocycles. The third kappa shape index (κ3) is 1.87. The van der Waals surface area contributed by atoms with E-state index in [0.717, 1.165) is 11.8 Å². The molecule has 0 amide bonds. The molecule has 4 saturated carbocycles. The van der Waals surface area contributed by atoms with Crippen molar-refractivity contribution in [3.05, 3.63) is 18.1 Å². The van der Waals surface area contributed by atoms with Crippen LogP contribution in [0, 0.1) is 23.7 Å². The molecular weight excluding hydrogens is 254 g/mol. The molecule has 0 atom stereocenters. The van der Waals surface area contributed by atoms with Gasteiger partial charge in [0, 0.05) is 12.2 Å². The van der Waals surface area contributed by atoms with Crippen molar-refractivity contribution in [1.82, 2.24) is 9.97 Å². The second kappa shape index (κ2) is 4.43. The van der Waals surface area contributed by atoms with Crippen molar-refractivity contribution >= 4 is 11.8 Å². The summed E-state index contributed by atoms with van der Waals surface area (Å²) in [4.78, 5) is 19.2. The number of aromatic carboxylic acids is 1. The molecule has 0 unspecified atom stereocenters. The molecule has 4 bridgehead atoms. The lowest BCUT2D eigenvalue weighted by Crippen LogP contribution is -2.51. The SMILES string of the molecule is O=C(O)c1cncnc1NC1C2CC3CC(C2)CC1C3. The highest BCUT2D eigenvalue weighted by molar-refractivity contribution is 5.92. The molecule has 0 aromatic carbocycles. The van der Waals surface area contributed by atoms with Crippen LogP contribution >= 0.6 is 0 Å². The van der Waals surface area contributed by atoms with Gasteiger partial charge in [0.1, 0.15) is 17.7 Å². The Morgan fingerprint density at radius 3 is 2.40 bits per heavy atom. The highest BCUT2D eigenvalue weighted by Gasteiger charge is 2.48. The molecule has 1 aromatic heterocycles. The number of nitrogens with one attached hydrogen (secondary N) is 1. The minimum absolute atomic E-state index is 0.182. The van der Waals surface area contributed by atoms with Crippen molar-refractivity contribution in [2.75, 3.05) is 5.32 Å². The summed E-state index contributed by atoms with van der Waals surface area (Å²) in [5.74, 6) is 2.76. The Balaban J connectivity index is 1.59. The summed E-state index contributed by atoms with van der Waals surface area (Å²) in [6.07, 6.45) is 9.44. The Morgan fingerprint density at radius 1 is 1.15 bits per heavy atom. The van der Waals surface area contributed by atoms with Gasteiger partial charge in [-0.25, -0.2) is 14.8 Å². The Bertz CT molecular complexity index is 518. The molecule has 5 heteroatoms. The average molecular weight is 273 g/mol. The molecule has 4 fully saturated rings. The molecule has 1 aromatic rings. The lowest BCUT2D eigenvalue weighted by Gasteiger charge is -2.54. The number of aromatic nitrogens is 2. The average Bonchev–Trinajstić information content (AvgIpc) is 2.42. The molecule has 2 N–H and O–H groups in total. The van der Waals surface area contributed by atoms with E-state index in [1.807, 2.05) is 0 Å². The normalized spacial score (nSPS) is 37.9. The topological polar surface area (TPSA) is 75.1 Å². The summed E-state index contributed by atoms with van der Waals surface area (Å²) in [7, 11) is 0. The van der Waals surface area contributed by atoms with Crippen LogP contribution in [0.15, 0.2) is 12.5 Å². The van der Waals surface area contributed by atoms with E-state index in [1.54, 1.807) is 0 Å². The molecule has 1 heterocycles. The summed E-state index contributed by atoms with van der Waals surface area (Å²) in [5.41, 5.74) is 0.182. The van der Waals surface area contributed by atoms with Crippen LogP contribution in [0.4, 0.5) is 5.82 Å². The summed E-state index contributed by atoms with van der Waals surface area (Å²) >= 11 is 0. The summed E-state index contributed by atoms with van der Waals surface area (Å²) in [5, 5.41) is 12.7. The van der Waals surface area contributed by atoms with Crippen LogP contribution < -0.4 is 5.32 Å². The highest BCUT2D eigenvalue weighted by Crippen LogP contribution is 2.54. The van der Waals surface area contributed by atoms with Gasteiger partial charge in [0.2, 0.25) is 0 Å². The highest BCUT2D eigenvalue weighted by atomic mass is 16.4. The number of carboxylic acid groups (broad SMARTS) is 1. The smallest absolute Gasteiger partial charge is 0.341 e. The summed E-state index contributed by atoms with van der Waals surface area (Å²) < 4.78 is 0. The molecule has 0 spiro atoms. The molecule has 0 radical (unpaired) electrons. The number of hydrogen-bond donors (Lipinski definition) is 2. The Morgan fingerprint density at radius 2 is 1.80 bits per heavy atom. The predicted octanol–water partition coefficient (Wildman–Crippen LogP) is 2.41. The summed E-state index contributed by atoms with van der Waals surface area (Å²) in [6, 6.07) is 0.399. The molecule has 0 aliphatic heterocycles. The van der Waals surface area contributed by atoms with Crippen molar-refractivity contribution in [1.29, 1.82) is 0 Å². The second-order valence-electron chi connectivity index (χ2n) is 6.69. The van der Waals surface area contributed by atoms with E-state index in [0.29, 0.717) is 23.7 Å². The van der Waals surface area contributed by atoms with E-state index in [1.165, 1.54) is 44.6 Å². The van der Waals surface area contributed by atoms with Gasteiger partial charge >= 0.3 is 5.97 Å². The van der Waals surface area contributed by atoms with Crippen molar-refractivity contribution in [3.63, 3.8) is 0 Å². The number of anilines is 1. The lowest BCUT2D eigenvalue weighted by molar-refractivity contribution is 0.00735. The van der Waals surface area contributed by atoms with Crippen molar-refractivity contribution in [2.24, 2.45) is 23.7 Å². The number of carbonyl (C=O) groups is 1. The first-order chi connectivity index (χ1) is 9.70. The third-order valence-corrected chi connectivity index (χ3v) is 5.47. The van der Waals surface area contributed by atoms with E-state index in [-0.39, 0.29) is 5.56 Å². The van der Waals surface area contributed by atoms with E-state index >= 15 is 0 Å². The largest absolute Gasteiger partial charge is 0.477 e. The van der Waals surface area contributed by atoms with Crippen LogP contribution in [-0.4, -0.2) is 27.1 Å². The molecule has 5 rings (SSSR count). The van der Waals surface area contributed by atoms with Crippen LogP contribution in [0.1, 0.15) is 42.5 Å². The molecule has 4 aliphatic rings. The quantitative estimate of drug-likeness (QED) is 0.884. The van der Waals surface area contributed by atoms with Crippen LogP contribution in [-0.2, 0) is 0 Å². The van der Waals surface area contributed by atoms with Crippen molar-refractivity contribution in [3.8, 4) is 0 Å². The Hall–Kier alpha value is -1.65. The van der Waals surface area contributed by atoms with Gasteiger partial charge in [-0.15, -0.1) is 0 Å². The van der Waals surface area contributed by atoms with Crippen LogP contribution in [0.25, 0.3) is 0 Å². The Labute approximate surface area is 117 Å². The first-order valence-corrected chi connectivity index (χ1v) is 7.50. The van der Waals surface area contributed by atoms with Gasteiger partial charge in [-0.05, 0) is 55.8 Å². The van der Waals surface area contributed by atoms with Gasteiger partial charge in [-0.1, -0.05) is 0 Å². The number of nitrogens with zero attached hydrogens (tertiary/aromatic N) is 2. The monoisotopic (exact) mass is 273 g/mol. The van der Waals surface area contributed by atoms with Crippen molar-refractivity contribution in [2.45, 2.75) is 38.1 Å². The van der Waals surface area contributed by atoms with Crippen LogP contribution in [0.5, 0.6) is 0 Å². The maximum atomic E-state index is 11.2. The van der Waals surface area contributed by atoms with Gasteiger partial charge in [0.05, 0.1) is 0 Å². The fourth-order valence-electron chi connectivity index (χ4n) is 4.92. The first kappa shape index (κ1) is 12.1. The molecule has 20 heavy (non-hydrogen) atoms. The molecule has 106 valence electrons. The van der Waals surface area contributed by atoms with E-state index in [4.69, 9.17) is 0 Å². The fourth-order valence-corrected chi connectivity index (χ4v) is 4.92. The molecule has 4 aliphatic carbocycles. The van der Waals surface area contributed by atoms with Crippen LogP contribution in [0.2, 0.25) is 0 Å². The van der Waals surface area contributed by atoms with Crippen LogP contribution in [0.3, 0.4) is 0 Å². The van der Waals surface area contributed by atoms with Crippen molar-refractivity contribution < 1.29 is 9.90 Å². The molecule has 5 nitrogen and oxygen atoms in total. The van der Waals surface area contributed by atoms with Gasteiger partial charge < -0.3 is 10.4 Å². The number of hydrogen-bond acceptors (Lipinski definition) is 4. The van der Waals surface area contributed by atoms with E-state index in [2.05, 4.69) is 15.3 Å². The lowest BCUT2D eigenvalue weighted by atomic mass is 9.54. The predicted molar refractivity (Wildman–Crippen MR) is 73.4 cm³/mol. The van der Waals surface area contributed by atoms with E-state index < -0.39 is 5.97 Å². The van der Waals surface area contributed by atoms with Gasteiger partial charge in [-0.2, -0.15) is 0 Å². The zero-order valence-electron chi connectivity index (χ0n) is 11.3. The number of carboxylic acids is 1. The zero-order chi connectivity index (χ0) is 13.7. The fraction of sp³-hybridized carbons (Fsp3) is 0.667. The van der Waals surface area contributed by atoms with Gasteiger partial charge in [0.15, 0.2) is 0 Å².